The minimum absolute atomic E-state index is 0.00209. The summed E-state index contributed by atoms with van der Waals surface area (Å²) in [6, 6.07) is 6.09. The van der Waals surface area contributed by atoms with Crippen molar-refractivity contribution in [2.75, 3.05) is 26.3 Å². The molecule has 4 bridgehead atoms. The van der Waals surface area contributed by atoms with Crippen LogP contribution < -0.4 is 16.0 Å². The molecular formula is C44H61N5O9S. The lowest BCUT2D eigenvalue weighted by Crippen LogP contribution is -2.65. The molecule has 5 unspecified atom stereocenters. The Labute approximate surface area is 350 Å². The molecule has 2 saturated heterocycles. The van der Waals surface area contributed by atoms with Gasteiger partial charge in [0.05, 0.1) is 40.8 Å². The number of amides is 4. The molecule has 0 radical (unpaired) electrons. The van der Waals surface area contributed by atoms with E-state index < -0.39 is 46.5 Å². The summed E-state index contributed by atoms with van der Waals surface area (Å²) >= 11 is 1.58. The zero-order valence-corrected chi connectivity index (χ0v) is 35.7. The van der Waals surface area contributed by atoms with Crippen LogP contribution in [0, 0.1) is 35.5 Å². The number of benzene rings is 1. The van der Waals surface area contributed by atoms with Crippen LogP contribution in [0.5, 0.6) is 0 Å². The Morgan fingerprint density at radius 1 is 0.983 bits per heavy atom. The highest BCUT2D eigenvalue weighted by Gasteiger charge is 2.71. The number of ether oxygens (including phenoxy) is 2. The second-order valence-electron chi connectivity index (χ2n) is 19.1. The van der Waals surface area contributed by atoms with Crippen molar-refractivity contribution in [1.82, 2.24) is 25.8 Å². The summed E-state index contributed by atoms with van der Waals surface area (Å²) in [5.41, 5.74) is 3.63. The van der Waals surface area contributed by atoms with Gasteiger partial charge in [-0.1, -0.05) is 51.5 Å². The third-order valence-electron chi connectivity index (χ3n) is 13.8. The zero-order valence-electron chi connectivity index (χ0n) is 34.9. The molecule has 2 aromatic rings. The van der Waals surface area contributed by atoms with E-state index in [2.05, 4.69) is 20.9 Å². The number of aromatic nitrogens is 1. The predicted octanol–water partition coefficient (Wildman–Crippen LogP) is 4.91. The molecule has 322 valence electrons. The summed E-state index contributed by atoms with van der Waals surface area (Å²) in [5.74, 6) is -1.71. The number of thiazole rings is 1. The van der Waals surface area contributed by atoms with E-state index in [4.69, 9.17) is 19.2 Å². The Morgan fingerprint density at radius 2 is 1.71 bits per heavy atom. The molecule has 1 aromatic heterocycles. The van der Waals surface area contributed by atoms with Gasteiger partial charge in [0.2, 0.25) is 35.2 Å². The number of β-amino-alcohol motifs (C(OH)–C–C–N with tert-alkyl or cyclic N) is 1. The average molecular weight is 836 g/mol. The number of aliphatic hydroxyl groups excluding tert-OH is 1. The van der Waals surface area contributed by atoms with E-state index >= 15 is 0 Å². The molecule has 14 nitrogen and oxygen atoms in total. The molecule has 1 aromatic carbocycles. The fourth-order valence-corrected chi connectivity index (χ4v) is 11.8. The highest BCUT2D eigenvalue weighted by molar-refractivity contribution is 7.13. The normalized spacial score (nSPS) is 31.1. The van der Waals surface area contributed by atoms with Crippen molar-refractivity contribution in [3.05, 3.63) is 41.0 Å². The SMILES string of the molecule is Cc1ncsc1-c1ccc(CNC(=O)C2CC(O)CN2C(=O)C(NC(=O)CCOCCNC(=O)C23CC4CC(C2)C2(OOC5(CCCCC5)O2)C(C4)C3)C(C)(C)C)cc1. The first-order valence-corrected chi connectivity index (χ1v) is 22.6. The van der Waals surface area contributed by atoms with Crippen LogP contribution in [0.1, 0.15) is 109 Å². The number of aliphatic hydroxyl groups is 1. The number of hydrogen-bond donors (Lipinski definition) is 4. The van der Waals surface area contributed by atoms with Gasteiger partial charge >= 0.3 is 0 Å². The molecule has 3 heterocycles. The average Bonchev–Trinajstić information content (AvgIpc) is 3.93. The number of nitrogens with zero attached hydrogens (tertiary/aromatic N) is 2. The molecule has 5 atom stereocenters. The maximum Gasteiger partial charge on any atom is 0.246 e. The summed E-state index contributed by atoms with van der Waals surface area (Å²) in [5, 5.41) is 19.5. The van der Waals surface area contributed by atoms with E-state index in [0.717, 1.165) is 79.5 Å². The molecule has 15 heteroatoms. The Morgan fingerprint density at radius 3 is 2.39 bits per heavy atom. The van der Waals surface area contributed by atoms with Crippen molar-refractivity contribution in [2.24, 2.45) is 28.6 Å². The van der Waals surface area contributed by atoms with E-state index in [0.29, 0.717) is 12.5 Å². The topological polar surface area (TPSA) is 178 Å². The maximum absolute atomic E-state index is 14.0. The van der Waals surface area contributed by atoms with Gasteiger partial charge in [0, 0.05) is 57.2 Å². The van der Waals surface area contributed by atoms with Gasteiger partial charge in [-0.05, 0) is 74.3 Å². The first-order chi connectivity index (χ1) is 28.2. The zero-order chi connectivity index (χ0) is 41.6. The fraction of sp³-hybridized carbons (Fsp3) is 0.705. The third-order valence-corrected chi connectivity index (χ3v) is 14.8. The Kier molecular flexibility index (Phi) is 12.0. The maximum atomic E-state index is 14.0. The van der Waals surface area contributed by atoms with Crippen LogP contribution in [0.4, 0.5) is 0 Å². The smallest absolute Gasteiger partial charge is 0.246 e. The molecule has 7 aliphatic rings. The molecule has 5 saturated carbocycles. The molecule has 7 fully saturated rings. The van der Waals surface area contributed by atoms with Crippen molar-refractivity contribution in [2.45, 2.75) is 141 Å². The highest BCUT2D eigenvalue weighted by atomic mass is 32.1. The molecule has 4 amide bonds. The Bertz CT molecular complexity index is 1860. The second-order valence-corrected chi connectivity index (χ2v) is 20.0. The van der Waals surface area contributed by atoms with Gasteiger partial charge in [0.15, 0.2) is 0 Å². The Hall–Kier alpha value is -3.47. The van der Waals surface area contributed by atoms with Crippen LogP contribution in [0.25, 0.3) is 10.4 Å². The van der Waals surface area contributed by atoms with Gasteiger partial charge in [0.25, 0.3) is 0 Å². The predicted molar refractivity (Wildman–Crippen MR) is 218 cm³/mol. The van der Waals surface area contributed by atoms with Crippen molar-refractivity contribution < 1.29 is 43.5 Å². The lowest BCUT2D eigenvalue weighted by atomic mass is 9.47. The quantitative estimate of drug-likeness (QED) is 0.160. The van der Waals surface area contributed by atoms with Gasteiger partial charge in [-0.3, -0.25) is 19.2 Å². The largest absolute Gasteiger partial charge is 0.391 e. The number of hydrogen-bond acceptors (Lipinski definition) is 11. The minimum atomic E-state index is -0.933. The first kappa shape index (κ1) is 42.2. The fourth-order valence-electron chi connectivity index (χ4n) is 11.0. The van der Waals surface area contributed by atoms with Crippen molar-refractivity contribution in [3.63, 3.8) is 0 Å². The second kappa shape index (κ2) is 16.8. The van der Waals surface area contributed by atoms with Crippen molar-refractivity contribution in [1.29, 1.82) is 0 Å². The molecule has 59 heavy (non-hydrogen) atoms. The van der Waals surface area contributed by atoms with Gasteiger partial charge in [0.1, 0.15) is 12.1 Å². The van der Waals surface area contributed by atoms with E-state index in [1.54, 1.807) is 11.3 Å². The summed E-state index contributed by atoms with van der Waals surface area (Å²) in [6.45, 7) is 8.48. The van der Waals surface area contributed by atoms with Crippen molar-refractivity contribution in [3.8, 4) is 10.4 Å². The molecule has 2 aliphatic heterocycles. The van der Waals surface area contributed by atoms with Crippen LogP contribution in [0.2, 0.25) is 0 Å². The molecular weight excluding hydrogens is 775 g/mol. The number of nitrogens with one attached hydrogen (secondary N) is 3. The first-order valence-electron chi connectivity index (χ1n) is 21.7. The third kappa shape index (κ3) is 8.57. The lowest BCUT2D eigenvalue weighted by molar-refractivity contribution is -0.393. The lowest BCUT2D eigenvalue weighted by Gasteiger charge is -2.61. The van der Waals surface area contributed by atoms with Gasteiger partial charge in [-0.15, -0.1) is 11.3 Å². The summed E-state index contributed by atoms with van der Waals surface area (Å²) in [7, 11) is 0. The van der Waals surface area contributed by atoms with Crippen LogP contribution >= 0.6 is 11.3 Å². The highest BCUT2D eigenvalue weighted by Crippen LogP contribution is 2.67. The van der Waals surface area contributed by atoms with Gasteiger partial charge in [-0.2, -0.15) is 9.78 Å². The van der Waals surface area contributed by atoms with E-state index in [1.165, 1.54) is 11.3 Å². The van der Waals surface area contributed by atoms with E-state index in [9.17, 15) is 24.3 Å². The molecule has 4 N–H and O–H groups in total. The molecule has 2 spiro atoms. The molecule has 5 aliphatic carbocycles. The van der Waals surface area contributed by atoms with Crippen LogP contribution in [-0.4, -0.2) is 94.7 Å². The van der Waals surface area contributed by atoms with Crippen molar-refractivity contribution >= 4 is 35.0 Å². The van der Waals surface area contributed by atoms with Crippen LogP contribution in [0.15, 0.2) is 29.8 Å². The standard InChI is InChI=1S/C44H61N5O9S/c1-27-36(59-26-47-27)30-10-8-28(9-11-30)24-46-38(52)34-20-33(50)25-49(34)39(53)37(41(2,3)4)48-35(51)12-16-55-17-15-45-40(54)42-21-29-18-31(22-42)44(32(19-29)23-42)56-43(57-58-44)13-6-5-7-14-43/h8-11,26,29,31-34,37,50H,5-7,12-25H2,1-4H3,(H,45,54)(H,46,52)(H,48,51). The van der Waals surface area contributed by atoms with Gasteiger partial charge < -0.3 is 35.4 Å². The van der Waals surface area contributed by atoms with Gasteiger partial charge in [-0.25, -0.2) is 4.98 Å². The number of rotatable bonds is 13. The van der Waals surface area contributed by atoms with E-state index in [-0.39, 0.29) is 68.7 Å². The van der Waals surface area contributed by atoms with E-state index in [1.807, 2.05) is 57.5 Å². The van der Waals surface area contributed by atoms with Crippen LogP contribution in [0.3, 0.4) is 0 Å². The summed E-state index contributed by atoms with van der Waals surface area (Å²) in [6.07, 6.45) is 8.66. The molecule has 9 rings (SSSR count). The van der Waals surface area contributed by atoms with Crippen LogP contribution in [-0.2, 0) is 45.0 Å². The minimum Gasteiger partial charge on any atom is -0.391 e. The number of likely N-dealkylation sites (tertiary alicyclic amines) is 1. The monoisotopic (exact) mass is 835 g/mol. The number of carbonyl (C=O) groups excluding carboxylic acids is 4. The number of aryl methyl sites for hydroxylation is 1. The summed E-state index contributed by atoms with van der Waals surface area (Å²) < 4.78 is 12.6. The Balaban J connectivity index is 0.778. The summed E-state index contributed by atoms with van der Waals surface area (Å²) in [4.78, 5) is 73.3. The number of carbonyl (C=O) groups is 4.